The average molecular weight is 543 g/mol. The number of carbonyl (C=O) groups is 1. The topological polar surface area (TPSA) is 86.7 Å². The molecule has 1 aliphatic rings. The van der Waals surface area contributed by atoms with Crippen molar-refractivity contribution in [1.29, 1.82) is 0 Å². The van der Waals surface area contributed by atoms with E-state index in [4.69, 9.17) is 11.6 Å². The molecular weight excluding hydrogens is 524 g/mol. The van der Waals surface area contributed by atoms with Crippen LogP contribution in [0.2, 0.25) is 5.02 Å². The summed E-state index contributed by atoms with van der Waals surface area (Å²) in [7, 11) is -4.52. The summed E-state index contributed by atoms with van der Waals surface area (Å²) in [4.78, 5) is 11.6. The second-order valence-corrected chi connectivity index (χ2v) is 10.6. The molecule has 3 aromatic carbocycles. The van der Waals surface area contributed by atoms with Gasteiger partial charge in [0.2, 0.25) is 10.0 Å². The van der Waals surface area contributed by atoms with E-state index in [1.165, 1.54) is 0 Å². The summed E-state index contributed by atoms with van der Waals surface area (Å²) in [5, 5.41) is 12.4. The molecule has 1 heterocycles. The third-order valence-electron chi connectivity index (χ3n) is 5.99. The van der Waals surface area contributed by atoms with Gasteiger partial charge in [-0.15, -0.1) is 0 Å². The highest BCUT2D eigenvalue weighted by Crippen LogP contribution is 2.35. The van der Waals surface area contributed by atoms with E-state index < -0.39 is 60.3 Å². The second kappa shape index (κ2) is 9.81. The maximum atomic E-state index is 14.6. The number of nitrogens with zero attached hydrogens (tertiary/aromatic N) is 1. The van der Waals surface area contributed by atoms with Gasteiger partial charge in [0.1, 0.15) is 16.5 Å². The Labute approximate surface area is 209 Å². The number of hydrogen-bond acceptors (Lipinski definition) is 4. The van der Waals surface area contributed by atoms with E-state index in [9.17, 15) is 35.9 Å². The number of amides is 1. The number of nitrogens with one attached hydrogen (secondary N) is 1. The normalized spacial score (nSPS) is 16.1. The van der Waals surface area contributed by atoms with Gasteiger partial charge in [0.25, 0.3) is 5.91 Å². The molecule has 1 aliphatic heterocycles. The Morgan fingerprint density at radius 2 is 1.58 bits per heavy atom. The second-order valence-electron chi connectivity index (χ2n) is 8.27. The Bertz CT molecular complexity index is 1410. The summed E-state index contributed by atoms with van der Waals surface area (Å²) in [6, 6.07) is 11.0. The molecule has 4 rings (SSSR count). The maximum absolute atomic E-state index is 14.6. The van der Waals surface area contributed by atoms with Crippen molar-refractivity contribution in [3.63, 3.8) is 0 Å². The highest BCUT2D eigenvalue weighted by Gasteiger charge is 2.39. The fraction of sp³-hybridized carbons (Fsp3) is 0.208. The highest BCUT2D eigenvalue weighted by molar-refractivity contribution is 7.89. The molecule has 0 aromatic heterocycles. The summed E-state index contributed by atoms with van der Waals surface area (Å²) in [5.74, 6) is -6.74. The predicted molar refractivity (Wildman–Crippen MR) is 124 cm³/mol. The number of benzene rings is 3. The lowest BCUT2D eigenvalue weighted by Gasteiger charge is -2.37. The van der Waals surface area contributed by atoms with Crippen molar-refractivity contribution in [1.82, 2.24) is 4.31 Å². The molecule has 0 radical (unpaired) electrons. The smallest absolute Gasteiger partial charge is 0.258 e. The van der Waals surface area contributed by atoms with Crippen LogP contribution in [0.4, 0.5) is 23.2 Å². The minimum atomic E-state index is -4.52. The van der Waals surface area contributed by atoms with Gasteiger partial charge in [-0.3, -0.25) is 4.79 Å². The maximum Gasteiger partial charge on any atom is 0.258 e. The lowest BCUT2D eigenvalue weighted by atomic mass is 9.85. The van der Waals surface area contributed by atoms with Gasteiger partial charge in [-0.1, -0.05) is 41.9 Å². The van der Waals surface area contributed by atoms with E-state index in [0.717, 1.165) is 10.4 Å². The lowest BCUT2D eigenvalue weighted by molar-refractivity contribution is -0.00963. The molecule has 0 atom stereocenters. The van der Waals surface area contributed by atoms with Gasteiger partial charge in [0, 0.05) is 30.9 Å². The van der Waals surface area contributed by atoms with Crippen molar-refractivity contribution in [3.05, 3.63) is 94.0 Å². The van der Waals surface area contributed by atoms with E-state index in [1.54, 1.807) is 30.3 Å². The van der Waals surface area contributed by atoms with Gasteiger partial charge in [-0.25, -0.2) is 26.0 Å². The minimum Gasteiger partial charge on any atom is -0.385 e. The molecule has 36 heavy (non-hydrogen) atoms. The van der Waals surface area contributed by atoms with Crippen LogP contribution in [0.15, 0.2) is 59.5 Å². The number of rotatable bonds is 5. The highest BCUT2D eigenvalue weighted by atomic mass is 35.5. The van der Waals surface area contributed by atoms with Gasteiger partial charge in [-0.05, 0) is 30.5 Å². The molecular formula is C24H19ClF4N2O4S. The first kappa shape index (κ1) is 26.1. The SMILES string of the molecule is O=C(Nc1cc(F)c(F)c(Cl)c1)c1cc(S(=O)(=O)N2CCC(O)(c3ccccc3)CC2)c(F)cc1F. The number of carbonyl (C=O) groups excluding carboxylic acids is 1. The quantitative estimate of drug-likeness (QED) is 0.357. The van der Waals surface area contributed by atoms with Gasteiger partial charge < -0.3 is 10.4 Å². The van der Waals surface area contributed by atoms with Crippen LogP contribution in [0.25, 0.3) is 0 Å². The fourth-order valence-corrected chi connectivity index (χ4v) is 5.72. The van der Waals surface area contributed by atoms with E-state index in [0.29, 0.717) is 17.7 Å². The van der Waals surface area contributed by atoms with E-state index >= 15 is 0 Å². The van der Waals surface area contributed by atoms with Crippen LogP contribution < -0.4 is 5.32 Å². The number of anilines is 1. The van der Waals surface area contributed by atoms with Crippen molar-refractivity contribution >= 4 is 33.2 Å². The molecule has 0 saturated carbocycles. The van der Waals surface area contributed by atoms with Crippen LogP contribution in [0.3, 0.4) is 0 Å². The summed E-state index contributed by atoms with van der Waals surface area (Å²) in [6.45, 7) is -0.307. The van der Waals surface area contributed by atoms with Crippen molar-refractivity contribution in [2.75, 3.05) is 18.4 Å². The molecule has 0 unspecified atom stereocenters. The Morgan fingerprint density at radius 1 is 0.944 bits per heavy atom. The molecule has 0 bridgehead atoms. The van der Waals surface area contributed by atoms with Crippen LogP contribution in [-0.2, 0) is 15.6 Å². The number of sulfonamides is 1. The number of piperidine rings is 1. The van der Waals surface area contributed by atoms with E-state index in [-0.39, 0.29) is 37.7 Å². The monoisotopic (exact) mass is 542 g/mol. The van der Waals surface area contributed by atoms with Crippen molar-refractivity contribution < 1.29 is 35.9 Å². The zero-order chi connectivity index (χ0) is 26.3. The van der Waals surface area contributed by atoms with Crippen LogP contribution in [0.1, 0.15) is 28.8 Å². The fourth-order valence-electron chi connectivity index (χ4n) is 4.00. The number of aliphatic hydroxyl groups is 1. The first-order valence-corrected chi connectivity index (χ1v) is 12.5. The Balaban J connectivity index is 1.59. The van der Waals surface area contributed by atoms with Gasteiger partial charge >= 0.3 is 0 Å². The molecule has 0 aliphatic carbocycles. The Morgan fingerprint density at radius 3 is 2.19 bits per heavy atom. The molecule has 3 aromatic rings. The average Bonchev–Trinajstić information content (AvgIpc) is 2.83. The molecule has 190 valence electrons. The Kier molecular flexibility index (Phi) is 7.11. The third-order valence-corrected chi connectivity index (χ3v) is 8.18. The molecule has 6 nitrogen and oxygen atoms in total. The standard InChI is InChI=1S/C24H19ClF4N2O4S/c25-17-10-15(11-20(28)22(17)29)30-23(32)16-12-21(19(27)13-18(16)26)36(34,35)31-8-6-24(33,7-9-31)14-4-2-1-3-5-14/h1-5,10-13,33H,6-9H2,(H,30,32). The zero-order valence-electron chi connectivity index (χ0n) is 18.4. The number of halogens is 5. The molecule has 1 fully saturated rings. The first-order valence-electron chi connectivity index (χ1n) is 10.7. The summed E-state index contributed by atoms with van der Waals surface area (Å²) in [6.07, 6.45) is 0.0621. The van der Waals surface area contributed by atoms with Crippen LogP contribution in [0, 0.1) is 23.3 Å². The summed E-state index contributed by atoms with van der Waals surface area (Å²) < 4.78 is 83.3. The van der Waals surface area contributed by atoms with Gasteiger partial charge in [0.15, 0.2) is 11.6 Å². The molecule has 1 amide bonds. The molecule has 0 spiro atoms. The minimum absolute atomic E-state index is 0.0310. The third kappa shape index (κ3) is 4.96. The zero-order valence-corrected chi connectivity index (χ0v) is 20.0. The predicted octanol–water partition coefficient (Wildman–Crippen LogP) is 4.82. The lowest BCUT2D eigenvalue weighted by Crippen LogP contribution is -2.45. The van der Waals surface area contributed by atoms with Gasteiger partial charge in [0.05, 0.1) is 16.2 Å². The largest absolute Gasteiger partial charge is 0.385 e. The van der Waals surface area contributed by atoms with E-state index in [2.05, 4.69) is 5.32 Å². The van der Waals surface area contributed by atoms with Crippen LogP contribution >= 0.6 is 11.6 Å². The first-order chi connectivity index (χ1) is 16.9. The van der Waals surface area contributed by atoms with Crippen molar-refractivity contribution in [2.45, 2.75) is 23.3 Å². The summed E-state index contributed by atoms with van der Waals surface area (Å²) >= 11 is 5.54. The van der Waals surface area contributed by atoms with Crippen molar-refractivity contribution in [2.24, 2.45) is 0 Å². The molecule has 2 N–H and O–H groups in total. The molecule has 12 heteroatoms. The van der Waals surface area contributed by atoms with E-state index in [1.807, 2.05) is 0 Å². The molecule has 1 saturated heterocycles. The van der Waals surface area contributed by atoms with Crippen molar-refractivity contribution in [3.8, 4) is 0 Å². The summed E-state index contributed by atoms with van der Waals surface area (Å²) in [5.41, 5.74) is -1.82. The Hall–Kier alpha value is -2.99. The van der Waals surface area contributed by atoms with Crippen LogP contribution in [-0.4, -0.2) is 36.8 Å². The number of hydrogen-bond donors (Lipinski definition) is 2. The van der Waals surface area contributed by atoms with Gasteiger partial charge in [-0.2, -0.15) is 4.31 Å². The van der Waals surface area contributed by atoms with Crippen LogP contribution in [0.5, 0.6) is 0 Å².